The molecule has 2 fully saturated rings. The second kappa shape index (κ2) is 7.80. The van der Waals surface area contributed by atoms with Crippen molar-refractivity contribution in [3.8, 4) is 11.5 Å². The maximum atomic E-state index is 12.3. The zero-order chi connectivity index (χ0) is 21.6. The highest BCUT2D eigenvalue weighted by atomic mass is 16.5. The minimum absolute atomic E-state index is 0.0445. The summed E-state index contributed by atoms with van der Waals surface area (Å²) in [6, 6.07) is 14.7. The molecule has 5 nitrogen and oxygen atoms in total. The third kappa shape index (κ3) is 3.09. The average Bonchev–Trinajstić information content (AvgIpc) is 2.79. The third-order valence-electron chi connectivity index (χ3n) is 8.14. The summed E-state index contributed by atoms with van der Waals surface area (Å²) in [7, 11) is 3.33. The Hall–Kier alpha value is -2.08. The molecule has 0 unspecified atom stereocenters. The van der Waals surface area contributed by atoms with Gasteiger partial charge in [-0.05, 0) is 62.3 Å². The molecule has 1 aliphatic heterocycles. The summed E-state index contributed by atoms with van der Waals surface area (Å²) in [5, 5.41) is 23.0. The predicted molar refractivity (Wildman–Crippen MR) is 120 cm³/mol. The number of hydrogen-bond acceptors (Lipinski definition) is 5. The van der Waals surface area contributed by atoms with E-state index in [9.17, 15) is 10.2 Å². The quantitative estimate of drug-likeness (QED) is 0.774. The highest BCUT2D eigenvalue weighted by molar-refractivity contribution is 5.59. The van der Waals surface area contributed by atoms with Crippen LogP contribution in [0.25, 0.3) is 0 Å². The Morgan fingerprint density at radius 3 is 2.61 bits per heavy atom. The predicted octanol–water partition coefficient (Wildman–Crippen LogP) is 3.09. The molecule has 4 atom stereocenters. The summed E-state index contributed by atoms with van der Waals surface area (Å²) < 4.78 is 11.5. The average molecular weight is 424 g/mol. The number of ether oxygens (including phenoxy) is 2. The van der Waals surface area contributed by atoms with Gasteiger partial charge in [-0.2, -0.15) is 0 Å². The number of fused-ring (bicyclic) bond motifs is 1. The number of rotatable bonds is 5. The minimum Gasteiger partial charge on any atom is -0.493 e. The number of aliphatic hydroxyl groups excluding tert-OH is 1. The first-order chi connectivity index (χ1) is 15.0. The first-order valence-electron chi connectivity index (χ1n) is 11.4. The van der Waals surface area contributed by atoms with Crippen LogP contribution in [0.4, 0.5) is 0 Å². The molecule has 2 aromatic carbocycles. The van der Waals surface area contributed by atoms with Crippen molar-refractivity contribution in [1.82, 2.24) is 4.90 Å². The van der Waals surface area contributed by atoms with Crippen LogP contribution in [0.15, 0.2) is 42.5 Å². The van der Waals surface area contributed by atoms with Crippen LogP contribution in [0.3, 0.4) is 0 Å². The molecule has 1 saturated heterocycles. The number of likely N-dealkylation sites (tertiary alicyclic amines) is 1. The third-order valence-corrected chi connectivity index (χ3v) is 8.14. The molecule has 3 aliphatic rings. The summed E-state index contributed by atoms with van der Waals surface area (Å²) in [6.45, 7) is 1.84. The summed E-state index contributed by atoms with van der Waals surface area (Å²) in [6.07, 6.45) is 3.99. The van der Waals surface area contributed by atoms with Crippen LogP contribution in [-0.4, -0.2) is 60.2 Å². The fourth-order valence-corrected chi connectivity index (χ4v) is 6.70. The molecule has 0 radical (unpaired) electrons. The highest BCUT2D eigenvalue weighted by Gasteiger charge is 2.65. The van der Waals surface area contributed by atoms with Gasteiger partial charge in [0.05, 0.1) is 25.9 Å². The molecular weight excluding hydrogens is 390 g/mol. The van der Waals surface area contributed by atoms with E-state index in [1.54, 1.807) is 14.2 Å². The van der Waals surface area contributed by atoms with E-state index in [0.717, 1.165) is 43.7 Å². The molecule has 2 N–H and O–H groups in total. The lowest BCUT2D eigenvalue weighted by molar-refractivity contribution is -0.182. The molecular formula is C26H33NO4. The van der Waals surface area contributed by atoms with Gasteiger partial charge in [-0.1, -0.05) is 36.4 Å². The van der Waals surface area contributed by atoms with E-state index >= 15 is 0 Å². The first kappa shape index (κ1) is 20.8. The van der Waals surface area contributed by atoms with Crippen molar-refractivity contribution in [2.24, 2.45) is 0 Å². The van der Waals surface area contributed by atoms with E-state index in [1.165, 1.54) is 11.1 Å². The second-order valence-electron chi connectivity index (χ2n) is 9.48. The van der Waals surface area contributed by atoms with Gasteiger partial charge in [0.1, 0.15) is 0 Å². The summed E-state index contributed by atoms with van der Waals surface area (Å²) in [5.41, 5.74) is 2.22. The molecule has 166 valence electrons. The van der Waals surface area contributed by atoms with Gasteiger partial charge in [0.15, 0.2) is 11.5 Å². The molecule has 0 spiro atoms. The van der Waals surface area contributed by atoms with Crippen molar-refractivity contribution in [2.75, 3.05) is 27.3 Å². The van der Waals surface area contributed by atoms with Crippen molar-refractivity contribution in [2.45, 2.75) is 61.7 Å². The van der Waals surface area contributed by atoms with Gasteiger partial charge in [0.25, 0.3) is 0 Å². The molecule has 5 heteroatoms. The fraction of sp³-hybridized carbons (Fsp3) is 0.538. The molecule has 2 aromatic rings. The van der Waals surface area contributed by atoms with Gasteiger partial charge in [-0.3, -0.25) is 4.90 Å². The molecule has 2 aliphatic carbocycles. The molecule has 5 rings (SSSR count). The first-order valence-corrected chi connectivity index (χ1v) is 11.4. The SMILES string of the molecule is COc1ccc2c(c1OC)[C@]13CCN(CCc4ccccc4)[C@H](C2)[C@]1(O)CC[C@H](O)C3. The largest absolute Gasteiger partial charge is 0.493 e. The number of hydrogen-bond donors (Lipinski definition) is 2. The Bertz CT molecular complexity index is 948. The van der Waals surface area contributed by atoms with Crippen LogP contribution in [0.1, 0.15) is 42.4 Å². The zero-order valence-electron chi connectivity index (χ0n) is 18.5. The van der Waals surface area contributed by atoms with Gasteiger partial charge in [-0.25, -0.2) is 0 Å². The summed E-state index contributed by atoms with van der Waals surface area (Å²) in [4.78, 5) is 2.49. The lowest BCUT2D eigenvalue weighted by Crippen LogP contribution is -2.73. The van der Waals surface area contributed by atoms with Crippen LogP contribution < -0.4 is 9.47 Å². The van der Waals surface area contributed by atoms with E-state index in [-0.39, 0.29) is 6.04 Å². The van der Waals surface area contributed by atoms with Gasteiger partial charge >= 0.3 is 0 Å². The van der Waals surface area contributed by atoms with Crippen LogP contribution in [0.2, 0.25) is 0 Å². The topological polar surface area (TPSA) is 62.2 Å². The Labute approximate surface area is 184 Å². The normalized spacial score (nSPS) is 32.1. The van der Waals surface area contributed by atoms with E-state index in [4.69, 9.17) is 9.47 Å². The van der Waals surface area contributed by atoms with Gasteiger partial charge in [-0.15, -0.1) is 0 Å². The smallest absolute Gasteiger partial charge is 0.164 e. The molecule has 2 bridgehead atoms. The summed E-state index contributed by atoms with van der Waals surface area (Å²) in [5.74, 6) is 1.42. The Kier molecular flexibility index (Phi) is 5.24. The van der Waals surface area contributed by atoms with Crippen LogP contribution in [0, 0.1) is 0 Å². The lowest BCUT2D eigenvalue weighted by atomic mass is 9.49. The van der Waals surface area contributed by atoms with E-state index in [1.807, 2.05) is 6.07 Å². The number of aliphatic hydroxyl groups is 2. The van der Waals surface area contributed by atoms with Gasteiger partial charge in [0, 0.05) is 23.6 Å². The monoisotopic (exact) mass is 423 g/mol. The number of nitrogens with zero attached hydrogens (tertiary/aromatic N) is 1. The number of piperidine rings is 1. The maximum absolute atomic E-state index is 12.3. The Balaban J connectivity index is 1.57. The van der Waals surface area contributed by atoms with Crippen molar-refractivity contribution in [3.05, 3.63) is 59.2 Å². The molecule has 1 heterocycles. The maximum Gasteiger partial charge on any atom is 0.164 e. The second-order valence-corrected chi connectivity index (χ2v) is 9.48. The zero-order valence-corrected chi connectivity index (χ0v) is 18.5. The van der Waals surface area contributed by atoms with Crippen LogP contribution in [-0.2, 0) is 18.3 Å². The van der Waals surface area contributed by atoms with E-state index in [2.05, 4.69) is 41.3 Å². The molecule has 0 aromatic heterocycles. The standard InChI is InChI=1S/C26H33NO4/c1-30-21-9-8-19-16-22-26(29)12-10-20(28)17-25(26,23(19)24(21)31-2)13-15-27(22)14-11-18-6-4-3-5-7-18/h3-9,20,22,28-29H,10-17H2,1-2H3/t20-,22+,25+,26+/m0/s1. The van der Waals surface area contributed by atoms with Gasteiger partial charge in [0.2, 0.25) is 0 Å². The summed E-state index contributed by atoms with van der Waals surface area (Å²) >= 11 is 0. The van der Waals surface area contributed by atoms with Crippen molar-refractivity contribution in [1.29, 1.82) is 0 Å². The molecule has 1 saturated carbocycles. The fourth-order valence-electron chi connectivity index (χ4n) is 6.70. The lowest BCUT2D eigenvalue weighted by Gasteiger charge is -2.64. The number of benzene rings is 2. The molecule has 31 heavy (non-hydrogen) atoms. The Morgan fingerprint density at radius 2 is 1.87 bits per heavy atom. The van der Waals surface area contributed by atoms with Crippen molar-refractivity contribution < 1.29 is 19.7 Å². The highest BCUT2D eigenvalue weighted by Crippen LogP contribution is 2.61. The van der Waals surface area contributed by atoms with Gasteiger partial charge < -0.3 is 19.7 Å². The van der Waals surface area contributed by atoms with E-state index < -0.39 is 17.1 Å². The van der Waals surface area contributed by atoms with Crippen LogP contribution >= 0.6 is 0 Å². The number of methoxy groups -OCH3 is 2. The van der Waals surface area contributed by atoms with E-state index in [0.29, 0.717) is 25.0 Å². The Morgan fingerprint density at radius 1 is 1.06 bits per heavy atom. The molecule has 0 amide bonds. The van der Waals surface area contributed by atoms with Crippen molar-refractivity contribution in [3.63, 3.8) is 0 Å². The minimum atomic E-state index is -0.881. The van der Waals surface area contributed by atoms with Crippen LogP contribution in [0.5, 0.6) is 11.5 Å². The van der Waals surface area contributed by atoms with Crippen molar-refractivity contribution >= 4 is 0 Å².